The maximum absolute atomic E-state index is 12.3. The fourth-order valence-electron chi connectivity index (χ4n) is 2.90. The van der Waals surface area contributed by atoms with Crippen molar-refractivity contribution in [1.29, 1.82) is 0 Å². The van der Waals surface area contributed by atoms with Crippen LogP contribution in [0.4, 0.5) is 5.13 Å². The van der Waals surface area contributed by atoms with Crippen molar-refractivity contribution in [2.24, 2.45) is 0 Å². The molecule has 1 unspecified atom stereocenters. The molecule has 0 fully saturated rings. The van der Waals surface area contributed by atoms with Crippen LogP contribution < -0.4 is 10.6 Å². The lowest BCUT2D eigenvalue weighted by Gasteiger charge is -2.14. The van der Waals surface area contributed by atoms with Crippen molar-refractivity contribution in [2.75, 3.05) is 18.4 Å². The van der Waals surface area contributed by atoms with E-state index in [1.54, 1.807) is 11.3 Å². The molecule has 0 spiro atoms. The number of thiophene rings is 1. The molecular weight excluding hydrogens is 396 g/mol. The first kappa shape index (κ1) is 20.4. The van der Waals surface area contributed by atoms with Crippen molar-refractivity contribution in [3.63, 3.8) is 0 Å². The van der Waals surface area contributed by atoms with Crippen LogP contribution in [0.3, 0.4) is 0 Å². The molecule has 0 aromatic carbocycles. The Morgan fingerprint density at radius 2 is 2.22 bits per heavy atom. The van der Waals surface area contributed by atoms with E-state index < -0.39 is 0 Å². The highest BCUT2D eigenvalue weighted by Gasteiger charge is 2.17. The zero-order valence-electron chi connectivity index (χ0n) is 15.6. The number of allylic oxidation sites excluding steroid dienone is 1. The summed E-state index contributed by atoms with van der Waals surface area (Å²) in [6.45, 7) is 3.48. The second kappa shape index (κ2) is 10.8. The normalized spacial score (nSPS) is 15.2. The Morgan fingerprint density at radius 3 is 3.00 bits per heavy atom. The van der Waals surface area contributed by atoms with Crippen LogP contribution in [0.5, 0.6) is 0 Å². The van der Waals surface area contributed by atoms with Crippen molar-refractivity contribution in [1.82, 2.24) is 15.5 Å². The Labute approximate surface area is 173 Å². The molecule has 2 aromatic rings. The molecule has 0 radical (unpaired) electrons. The van der Waals surface area contributed by atoms with Gasteiger partial charge >= 0.3 is 0 Å². The topological polar surface area (TPSA) is 66.9 Å². The molecule has 0 saturated heterocycles. The van der Waals surface area contributed by atoms with Gasteiger partial charge in [-0.25, -0.2) is 0 Å². The second-order valence-electron chi connectivity index (χ2n) is 6.54. The van der Waals surface area contributed by atoms with Gasteiger partial charge in [0.25, 0.3) is 0 Å². The molecule has 0 bridgehead atoms. The maximum atomic E-state index is 12.3. The molecule has 1 amide bonds. The van der Waals surface area contributed by atoms with Gasteiger partial charge in [-0.15, -0.1) is 21.5 Å². The highest BCUT2D eigenvalue weighted by Crippen LogP contribution is 2.29. The maximum Gasteiger partial charge on any atom is 0.233 e. The van der Waals surface area contributed by atoms with Crippen molar-refractivity contribution in [3.05, 3.63) is 34.0 Å². The monoisotopic (exact) mass is 422 g/mol. The van der Waals surface area contributed by atoms with Crippen molar-refractivity contribution >= 4 is 45.5 Å². The summed E-state index contributed by atoms with van der Waals surface area (Å²) >= 11 is 4.74. The molecule has 5 nitrogen and oxygen atoms in total. The third-order valence-electron chi connectivity index (χ3n) is 4.41. The molecule has 1 aliphatic carbocycles. The lowest BCUT2D eigenvalue weighted by atomic mass is 9.97. The van der Waals surface area contributed by atoms with Crippen LogP contribution in [0.2, 0.25) is 0 Å². The van der Waals surface area contributed by atoms with Gasteiger partial charge in [-0.2, -0.15) is 0 Å². The highest BCUT2D eigenvalue weighted by molar-refractivity contribution is 8.02. The van der Waals surface area contributed by atoms with Crippen molar-refractivity contribution in [2.45, 2.75) is 55.0 Å². The summed E-state index contributed by atoms with van der Waals surface area (Å²) in [6.07, 6.45) is 9.25. The average Bonchev–Trinajstić information content (AvgIpc) is 3.35. The van der Waals surface area contributed by atoms with Crippen LogP contribution in [0.15, 0.2) is 33.5 Å². The van der Waals surface area contributed by atoms with Gasteiger partial charge in [0.2, 0.25) is 11.0 Å². The molecule has 146 valence electrons. The van der Waals surface area contributed by atoms with Crippen molar-refractivity contribution < 1.29 is 4.79 Å². The third-order valence-corrected chi connectivity index (χ3v) is 7.41. The molecule has 27 heavy (non-hydrogen) atoms. The van der Waals surface area contributed by atoms with E-state index in [0.29, 0.717) is 0 Å². The van der Waals surface area contributed by atoms with Gasteiger partial charge in [0.15, 0.2) is 4.34 Å². The molecular formula is C19H26N4OS3. The molecule has 1 aliphatic rings. The molecule has 8 heteroatoms. The summed E-state index contributed by atoms with van der Waals surface area (Å²) < 4.78 is 0.825. The van der Waals surface area contributed by atoms with E-state index in [4.69, 9.17) is 0 Å². The second-order valence-corrected chi connectivity index (χ2v) is 10.1. The number of hydrogen-bond donors (Lipinski definition) is 2. The molecule has 2 heterocycles. The summed E-state index contributed by atoms with van der Waals surface area (Å²) in [5, 5.41) is 17.5. The predicted molar refractivity (Wildman–Crippen MR) is 116 cm³/mol. The fourth-order valence-corrected chi connectivity index (χ4v) is 5.56. The summed E-state index contributed by atoms with van der Waals surface area (Å²) in [5.41, 5.74) is 1.49. The Morgan fingerprint density at radius 1 is 1.30 bits per heavy atom. The van der Waals surface area contributed by atoms with Gasteiger partial charge in [0.05, 0.1) is 5.25 Å². The summed E-state index contributed by atoms with van der Waals surface area (Å²) in [7, 11) is 0. The van der Waals surface area contributed by atoms with Crippen LogP contribution in [0, 0.1) is 0 Å². The lowest BCUT2D eigenvalue weighted by molar-refractivity contribution is -0.120. The van der Waals surface area contributed by atoms with Gasteiger partial charge in [-0.05, 0) is 56.9 Å². The van der Waals surface area contributed by atoms with E-state index in [2.05, 4.69) is 44.4 Å². The van der Waals surface area contributed by atoms with Crippen LogP contribution in [0.1, 0.15) is 43.9 Å². The minimum atomic E-state index is -0.169. The molecule has 2 N–H and O–H groups in total. The Bertz CT molecular complexity index is 742. The number of aromatic nitrogens is 2. The standard InChI is InChI=1S/C19H26N4OS3/c1-14(17(24)20-11-9-15-6-3-2-4-7-15)26-19-23-22-18(27-19)21-12-10-16-8-5-13-25-16/h5-6,8,13-14H,2-4,7,9-12H2,1H3,(H,20,24)(H,21,22). The summed E-state index contributed by atoms with van der Waals surface area (Å²) in [6, 6.07) is 4.21. The van der Waals surface area contributed by atoms with Crippen LogP contribution in [0.25, 0.3) is 0 Å². The number of anilines is 1. The zero-order chi connectivity index (χ0) is 18.9. The van der Waals surface area contributed by atoms with Crippen LogP contribution in [-0.4, -0.2) is 34.4 Å². The van der Waals surface area contributed by atoms with E-state index in [1.165, 1.54) is 59.2 Å². The molecule has 3 rings (SSSR count). The molecule has 1 atom stereocenters. The Kier molecular flexibility index (Phi) is 8.16. The number of nitrogens with zero attached hydrogens (tertiary/aromatic N) is 2. The van der Waals surface area contributed by atoms with Crippen LogP contribution >= 0.6 is 34.4 Å². The van der Waals surface area contributed by atoms with E-state index in [1.807, 2.05) is 6.92 Å². The minimum Gasteiger partial charge on any atom is -0.360 e. The Hall–Kier alpha value is -1.38. The highest BCUT2D eigenvalue weighted by atomic mass is 32.2. The van der Waals surface area contributed by atoms with E-state index >= 15 is 0 Å². The number of carbonyl (C=O) groups is 1. The number of hydrogen-bond acceptors (Lipinski definition) is 7. The largest absolute Gasteiger partial charge is 0.360 e. The van der Waals surface area contributed by atoms with Crippen LogP contribution in [-0.2, 0) is 11.2 Å². The van der Waals surface area contributed by atoms with Gasteiger partial charge in [-0.3, -0.25) is 4.79 Å². The number of nitrogens with one attached hydrogen (secondary N) is 2. The van der Waals surface area contributed by atoms with E-state index in [9.17, 15) is 4.79 Å². The lowest BCUT2D eigenvalue weighted by Crippen LogP contribution is -2.31. The average molecular weight is 423 g/mol. The third kappa shape index (κ3) is 6.93. The van der Waals surface area contributed by atoms with Gasteiger partial charge in [0, 0.05) is 18.0 Å². The molecule has 2 aromatic heterocycles. The molecule has 0 saturated carbocycles. The number of thioether (sulfide) groups is 1. The molecule has 0 aliphatic heterocycles. The zero-order valence-corrected chi connectivity index (χ0v) is 18.0. The number of amides is 1. The minimum absolute atomic E-state index is 0.0683. The SMILES string of the molecule is CC(Sc1nnc(NCCc2cccs2)s1)C(=O)NCCC1=CCCCC1. The number of carbonyl (C=O) groups excluding carboxylic acids is 1. The fraction of sp³-hybridized carbons (Fsp3) is 0.526. The number of rotatable bonds is 10. The van der Waals surface area contributed by atoms with Gasteiger partial charge < -0.3 is 10.6 Å². The quantitative estimate of drug-likeness (QED) is 0.427. The van der Waals surface area contributed by atoms with Gasteiger partial charge in [-0.1, -0.05) is 40.8 Å². The van der Waals surface area contributed by atoms with Gasteiger partial charge in [0.1, 0.15) is 0 Å². The Balaban J connectivity index is 1.35. The van der Waals surface area contributed by atoms with Crippen molar-refractivity contribution in [3.8, 4) is 0 Å². The first-order chi connectivity index (χ1) is 13.2. The summed E-state index contributed by atoms with van der Waals surface area (Å²) in [5.74, 6) is 0.0683. The first-order valence-electron chi connectivity index (χ1n) is 9.43. The van der Waals surface area contributed by atoms with E-state index in [-0.39, 0.29) is 11.2 Å². The predicted octanol–water partition coefficient (Wildman–Crippen LogP) is 4.74. The van der Waals surface area contributed by atoms with E-state index in [0.717, 1.165) is 35.4 Å². The first-order valence-corrected chi connectivity index (χ1v) is 12.0. The summed E-state index contributed by atoms with van der Waals surface area (Å²) in [4.78, 5) is 13.6. The smallest absolute Gasteiger partial charge is 0.233 e.